The van der Waals surface area contributed by atoms with Crippen LogP contribution in [0.1, 0.15) is 39.0 Å². The molecule has 20 heavy (non-hydrogen) atoms. The largest absolute Gasteiger partial charge is 0.466 e. The van der Waals surface area contributed by atoms with Crippen LogP contribution >= 0.6 is 0 Å². The smallest absolute Gasteiger partial charge is 0.337 e. The molecule has 2 rings (SSSR count). The Morgan fingerprint density at radius 2 is 2.05 bits per heavy atom. The topological polar surface area (TPSA) is 85.3 Å². The summed E-state index contributed by atoms with van der Waals surface area (Å²) in [5, 5.41) is 9.38. The van der Waals surface area contributed by atoms with Gasteiger partial charge >= 0.3 is 5.97 Å². The summed E-state index contributed by atoms with van der Waals surface area (Å²) < 4.78 is 10.2. The van der Waals surface area contributed by atoms with Crippen LogP contribution in [0.15, 0.2) is 22.8 Å². The van der Waals surface area contributed by atoms with E-state index in [0.717, 1.165) is 25.7 Å². The summed E-state index contributed by atoms with van der Waals surface area (Å²) >= 11 is 0. The van der Waals surface area contributed by atoms with Crippen molar-refractivity contribution in [2.45, 2.75) is 39.0 Å². The van der Waals surface area contributed by atoms with E-state index in [-0.39, 0.29) is 17.7 Å². The number of hydrogen-bond acceptors (Lipinski definition) is 5. The van der Waals surface area contributed by atoms with Crippen LogP contribution in [-0.2, 0) is 14.3 Å². The number of nitrogens with two attached hydrogens (primary N) is 1. The lowest BCUT2D eigenvalue weighted by Crippen LogP contribution is -2.32. The number of rotatable bonds is 2. The first-order valence-electron chi connectivity index (χ1n) is 6.96. The molecule has 1 aliphatic heterocycles. The van der Waals surface area contributed by atoms with Crippen LogP contribution in [0.2, 0.25) is 0 Å². The Bertz CT molecular complexity index is 508. The fourth-order valence-electron chi connectivity index (χ4n) is 3.24. The van der Waals surface area contributed by atoms with Crippen LogP contribution in [0.25, 0.3) is 0 Å². The van der Waals surface area contributed by atoms with Gasteiger partial charge in [0.15, 0.2) is 0 Å². The zero-order valence-corrected chi connectivity index (χ0v) is 11.9. The molecule has 2 N–H and O–H groups in total. The van der Waals surface area contributed by atoms with Crippen LogP contribution in [0, 0.1) is 23.2 Å². The molecule has 1 aliphatic carbocycles. The first-order valence-corrected chi connectivity index (χ1v) is 6.96. The highest BCUT2D eigenvalue weighted by atomic mass is 16.5. The first-order chi connectivity index (χ1) is 9.60. The molecule has 1 atom stereocenters. The van der Waals surface area contributed by atoms with E-state index in [0.29, 0.717) is 16.9 Å². The molecular formula is C15H20N2O3. The van der Waals surface area contributed by atoms with E-state index >= 15 is 0 Å². The van der Waals surface area contributed by atoms with Gasteiger partial charge in [0, 0.05) is 5.92 Å². The van der Waals surface area contributed by atoms with Crippen LogP contribution < -0.4 is 5.73 Å². The van der Waals surface area contributed by atoms with Crippen molar-refractivity contribution in [1.82, 2.24) is 0 Å². The van der Waals surface area contributed by atoms with E-state index in [4.69, 9.17) is 15.2 Å². The van der Waals surface area contributed by atoms with Gasteiger partial charge in [0.2, 0.25) is 5.88 Å². The third-order valence-electron chi connectivity index (χ3n) is 4.18. The third-order valence-corrected chi connectivity index (χ3v) is 4.18. The number of carbonyl (C=O) groups is 1. The molecule has 0 radical (unpaired) electrons. The second-order valence-corrected chi connectivity index (χ2v) is 5.33. The summed E-state index contributed by atoms with van der Waals surface area (Å²) in [7, 11) is 1.34. The van der Waals surface area contributed by atoms with E-state index in [9.17, 15) is 10.1 Å². The molecule has 0 spiro atoms. The molecule has 1 fully saturated rings. The second-order valence-electron chi connectivity index (χ2n) is 5.33. The molecule has 0 aromatic rings. The summed E-state index contributed by atoms with van der Waals surface area (Å²) in [6.45, 7) is 1.70. The minimum Gasteiger partial charge on any atom is -0.466 e. The van der Waals surface area contributed by atoms with Crippen molar-refractivity contribution in [3.63, 3.8) is 0 Å². The molecular weight excluding hydrogens is 256 g/mol. The van der Waals surface area contributed by atoms with E-state index < -0.39 is 5.97 Å². The number of ether oxygens (including phenoxy) is 2. The molecule has 0 aromatic carbocycles. The molecule has 0 bridgehead atoms. The van der Waals surface area contributed by atoms with Crippen molar-refractivity contribution in [2.75, 3.05) is 7.11 Å². The van der Waals surface area contributed by atoms with E-state index in [1.165, 1.54) is 13.5 Å². The molecule has 0 amide bonds. The fourth-order valence-corrected chi connectivity index (χ4v) is 3.24. The number of hydrogen-bond donors (Lipinski definition) is 1. The lowest BCUT2D eigenvalue weighted by atomic mass is 9.72. The van der Waals surface area contributed by atoms with Gasteiger partial charge in [0.1, 0.15) is 11.8 Å². The molecule has 5 heteroatoms. The van der Waals surface area contributed by atoms with Crippen LogP contribution in [0.4, 0.5) is 0 Å². The highest BCUT2D eigenvalue weighted by Gasteiger charge is 2.39. The lowest BCUT2D eigenvalue weighted by molar-refractivity contribution is -0.137. The zero-order chi connectivity index (χ0) is 14.7. The zero-order valence-electron chi connectivity index (χ0n) is 11.9. The van der Waals surface area contributed by atoms with Crippen molar-refractivity contribution in [3.05, 3.63) is 22.8 Å². The Labute approximate surface area is 119 Å². The number of esters is 1. The van der Waals surface area contributed by atoms with Crippen LogP contribution in [0.5, 0.6) is 0 Å². The van der Waals surface area contributed by atoms with Gasteiger partial charge in [-0.3, -0.25) is 0 Å². The van der Waals surface area contributed by atoms with Gasteiger partial charge in [-0.25, -0.2) is 4.79 Å². The molecule has 0 saturated heterocycles. The van der Waals surface area contributed by atoms with Gasteiger partial charge in [0.05, 0.1) is 18.3 Å². The normalized spacial score (nSPS) is 24.1. The number of carbonyl (C=O) groups excluding carboxylic acids is 1. The minimum absolute atomic E-state index is 0.119. The van der Waals surface area contributed by atoms with Gasteiger partial charge in [0.25, 0.3) is 0 Å². The van der Waals surface area contributed by atoms with Crippen LogP contribution in [-0.4, -0.2) is 13.1 Å². The average molecular weight is 276 g/mol. The summed E-state index contributed by atoms with van der Waals surface area (Å²) in [6.07, 6.45) is 5.44. The quantitative estimate of drug-likeness (QED) is 0.782. The molecule has 1 saturated carbocycles. The Morgan fingerprint density at radius 3 is 2.60 bits per heavy atom. The summed E-state index contributed by atoms with van der Waals surface area (Å²) in [5.41, 5.74) is 6.64. The Hall–Kier alpha value is -1.96. The number of allylic oxidation sites excluding steroid dienone is 2. The summed E-state index contributed by atoms with van der Waals surface area (Å²) in [5.74, 6) is 0.0990. The summed E-state index contributed by atoms with van der Waals surface area (Å²) in [6, 6.07) is 2.12. The monoisotopic (exact) mass is 276 g/mol. The maximum atomic E-state index is 12.1. The predicted octanol–water partition coefficient (Wildman–Crippen LogP) is 2.35. The minimum atomic E-state index is -0.432. The highest BCUT2D eigenvalue weighted by Crippen LogP contribution is 2.42. The first kappa shape index (κ1) is 14.4. The standard InChI is InChI=1S/C15H20N2O3/c1-9-12(15(18)19-2)13(10-6-4-3-5-7-10)11(8-16)14(17)20-9/h10,13H,3-7,17H2,1-2H3/t13-/m1/s1. The molecule has 1 heterocycles. The average Bonchev–Trinajstić information content (AvgIpc) is 2.46. The Balaban J connectivity index is 2.44. The predicted molar refractivity (Wildman–Crippen MR) is 72.7 cm³/mol. The lowest BCUT2D eigenvalue weighted by Gasteiger charge is -2.34. The van der Waals surface area contributed by atoms with Crippen LogP contribution in [0.3, 0.4) is 0 Å². The molecule has 5 nitrogen and oxygen atoms in total. The van der Waals surface area contributed by atoms with Crippen molar-refractivity contribution in [3.8, 4) is 6.07 Å². The number of nitrogens with zero attached hydrogens (tertiary/aromatic N) is 1. The Kier molecular flexibility index (Phi) is 4.33. The molecule has 108 valence electrons. The number of methoxy groups -OCH3 is 1. The van der Waals surface area contributed by atoms with Crippen molar-refractivity contribution in [1.29, 1.82) is 5.26 Å². The van der Waals surface area contributed by atoms with Crippen molar-refractivity contribution >= 4 is 5.97 Å². The summed E-state index contributed by atoms with van der Waals surface area (Å²) in [4.78, 5) is 12.1. The SMILES string of the molecule is COC(=O)C1=C(C)OC(N)=C(C#N)[C@H]1C1CCCCC1. The van der Waals surface area contributed by atoms with E-state index in [1.807, 2.05) is 0 Å². The Morgan fingerprint density at radius 1 is 1.40 bits per heavy atom. The molecule has 0 aromatic heterocycles. The second kappa shape index (κ2) is 6.00. The van der Waals surface area contributed by atoms with Gasteiger partial charge in [-0.1, -0.05) is 19.3 Å². The van der Waals surface area contributed by atoms with Gasteiger partial charge in [-0.2, -0.15) is 5.26 Å². The van der Waals surface area contributed by atoms with Crippen molar-refractivity contribution in [2.24, 2.45) is 17.6 Å². The van der Waals surface area contributed by atoms with E-state index in [2.05, 4.69) is 6.07 Å². The highest BCUT2D eigenvalue weighted by molar-refractivity contribution is 5.90. The molecule has 0 unspecified atom stereocenters. The maximum Gasteiger partial charge on any atom is 0.337 e. The molecule has 2 aliphatic rings. The van der Waals surface area contributed by atoms with Gasteiger partial charge in [-0.15, -0.1) is 0 Å². The van der Waals surface area contributed by atoms with Gasteiger partial charge in [-0.05, 0) is 25.7 Å². The van der Waals surface area contributed by atoms with Gasteiger partial charge < -0.3 is 15.2 Å². The van der Waals surface area contributed by atoms with E-state index in [1.54, 1.807) is 6.92 Å². The number of nitriles is 1. The van der Waals surface area contributed by atoms with Crippen molar-refractivity contribution < 1.29 is 14.3 Å². The fraction of sp³-hybridized carbons (Fsp3) is 0.600. The maximum absolute atomic E-state index is 12.1. The third kappa shape index (κ3) is 2.51.